The van der Waals surface area contributed by atoms with E-state index in [4.69, 9.17) is 22.4 Å². The molecule has 6 nitrogen and oxygen atoms in total. The molecule has 2 aromatic rings. The van der Waals surface area contributed by atoms with Crippen LogP contribution in [0, 0.1) is 26.2 Å². The summed E-state index contributed by atoms with van der Waals surface area (Å²) in [7, 11) is 0. The Morgan fingerprint density at radius 1 is 1.25 bits per heavy atom. The van der Waals surface area contributed by atoms with Crippen LogP contribution in [-0.4, -0.2) is 16.7 Å². The SMILES string of the molecule is Cc1ccc(NC(=O)c2oc3c(c2C)/C(=N\NC(N)=S)CC(C)(C)C3)c(C)c1. The minimum Gasteiger partial charge on any atom is -0.455 e. The lowest BCUT2D eigenvalue weighted by Gasteiger charge is -2.29. The van der Waals surface area contributed by atoms with Gasteiger partial charge >= 0.3 is 0 Å². The summed E-state index contributed by atoms with van der Waals surface area (Å²) in [5, 5.41) is 7.43. The molecule has 0 radical (unpaired) electrons. The smallest absolute Gasteiger partial charge is 0.291 e. The number of amides is 1. The van der Waals surface area contributed by atoms with Crippen molar-refractivity contribution < 1.29 is 9.21 Å². The number of hydrogen-bond donors (Lipinski definition) is 3. The van der Waals surface area contributed by atoms with Crippen molar-refractivity contribution in [2.24, 2.45) is 16.3 Å². The lowest BCUT2D eigenvalue weighted by atomic mass is 9.75. The van der Waals surface area contributed by atoms with Crippen molar-refractivity contribution in [3.8, 4) is 0 Å². The Hall–Kier alpha value is -2.67. The van der Waals surface area contributed by atoms with E-state index in [0.29, 0.717) is 5.76 Å². The molecular weight excluding hydrogens is 372 g/mol. The van der Waals surface area contributed by atoms with Crippen LogP contribution in [0.1, 0.15) is 58.8 Å². The Balaban J connectivity index is 1.97. The summed E-state index contributed by atoms with van der Waals surface area (Å²) in [5.74, 6) is 0.812. The maximum Gasteiger partial charge on any atom is 0.291 e. The third kappa shape index (κ3) is 4.09. The van der Waals surface area contributed by atoms with Gasteiger partial charge in [0, 0.05) is 23.2 Å². The molecule has 1 aliphatic carbocycles. The highest BCUT2D eigenvalue weighted by atomic mass is 32.1. The van der Waals surface area contributed by atoms with E-state index in [1.165, 1.54) is 0 Å². The molecule has 148 valence electrons. The summed E-state index contributed by atoms with van der Waals surface area (Å²) in [5.41, 5.74) is 13.5. The van der Waals surface area contributed by atoms with Crippen molar-refractivity contribution >= 4 is 34.6 Å². The molecule has 1 aromatic carbocycles. The first kappa shape index (κ1) is 20.1. The molecule has 4 N–H and O–H groups in total. The highest BCUT2D eigenvalue weighted by molar-refractivity contribution is 7.80. The van der Waals surface area contributed by atoms with E-state index in [1.54, 1.807) is 0 Å². The molecule has 1 aromatic heterocycles. The van der Waals surface area contributed by atoms with Gasteiger partial charge in [0.05, 0.1) is 5.71 Å². The number of nitrogens with zero attached hydrogens (tertiary/aromatic N) is 1. The highest BCUT2D eigenvalue weighted by Crippen LogP contribution is 2.39. The second-order valence-corrected chi connectivity index (χ2v) is 8.62. The maximum atomic E-state index is 12.9. The molecule has 0 bridgehead atoms. The molecule has 0 fully saturated rings. The van der Waals surface area contributed by atoms with Crippen LogP contribution in [-0.2, 0) is 6.42 Å². The zero-order valence-electron chi connectivity index (χ0n) is 16.9. The molecule has 7 heteroatoms. The molecule has 0 unspecified atom stereocenters. The Labute approximate surface area is 170 Å². The van der Waals surface area contributed by atoms with Crippen LogP contribution >= 0.6 is 12.2 Å². The summed E-state index contributed by atoms with van der Waals surface area (Å²) in [6, 6.07) is 5.91. The van der Waals surface area contributed by atoms with Crippen LogP contribution in [0.5, 0.6) is 0 Å². The van der Waals surface area contributed by atoms with Crippen LogP contribution in [0.3, 0.4) is 0 Å². The average Bonchev–Trinajstić information content (AvgIpc) is 2.90. The largest absolute Gasteiger partial charge is 0.455 e. The van der Waals surface area contributed by atoms with Crippen molar-refractivity contribution in [3.63, 3.8) is 0 Å². The summed E-state index contributed by atoms with van der Waals surface area (Å²) in [6.07, 6.45) is 1.46. The topological polar surface area (TPSA) is 92.6 Å². The monoisotopic (exact) mass is 398 g/mol. The molecule has 0 aliphatic heterocycles. The van der Waals surface area contributed by atoms with Gasteiger partial charge in [-0.15, -0.1) is 0 Å². The van der Waals surface area contributed by atoms with Gasteiger partial charge in [-0.1, -0.05) is 31.5 Å². The zero-order chi connectivity index (χ0) is 20.6. The molecule has 1 amide bonds. The number of furan rings is 1. The predicted molar refractivity (Wildman–Crippen MR) is 116 cm³/mol. The van der Waals surface area contributed by atoms with Crippen LogP contribution in [0.2, 0.25) is 0 Å². The number of hydrogen-bond acceptors (Lipinski definition) is 4. The fourth-order valence-corrected chi connectivity index (χ4v) is 3.73. The molecule has 0 spiro atoms. The fourth-order valence-electron chi connectivity index (χ4n) is 3.68. The van der Waals surface area contributed by atoms with Crippen LogP contribution in [0.25, 0.3) is 0 Å². The fraction of sp³-hybridized carbons (Fsp3) is 0.381. The highest BCUT2D eigenvalue weighted by Gasteiger charge is 2.36. The number of thiocarbonyl (C=S) groups is 1. The predicted octanol–water partition coefficient (Wildman–Crippen LogP) is 3.97. The van der Waals surface area contributed by atoms with Gasteiger partial charge in [-0.05, 0) is 56.5 Å². The number of benzene rings is 1. The molecule has 3 rings (SSSR count). The Morgan fingerprint density at radius 3 is 2.61 bits per heavy atom. The summed E-state index contributed by atoms with van der Waals surface area (Å²) in [4.78, 5) is 12.9. The first-order chi connectivity index (χ1) is 13.1. The molecule has 28 heavy (non-hydrogen) atoms. The van der Waals surface area contributed by atoms with E-state index in [0.717, 1.165) is 52.3 Å². The van der Waals surface area contributed by atoms with Crippen molar-refractivity contribution in [1.82, 2.24) is 5.43 Å². The van der Waals surface area contributed by atoms with E-state index in [9.17, 15) is 4.79 Å². The normalized spacial score (nSPS) is 16.5. The van der Waals surface area contributed by atoms with Crippen molar-refractivity contribution in [2.75, 3.05) is 5.32 Å². The lowest BCUT2D eigenvalue weighted by Crippen LogP contribution is -2.31. The maximum absolute atomic E-state index is 12.9. The number of carbonyl (C=O) groups is 1. The third-order valence-electron chi connectivity index (χ3n) is 4.93. The summed E-state index contributed by atoms with van der Waals surface area (Å²) in [6.45, 7) is 10.1. The quantitative estimate of drug-likeness (QED) is 0.537. The number of aryl methyl sites for hydroxylation is 2. The van der Waals surface area contributed by atoms with E-state index < -0.39 is 0 Å². The van der Waals surface area contributed by atoms with E-state index >= 15 is 0 Å². The van der Waals surface area contributed by atoms with E-state index in [-0.39, 0.29) is 16.4 Å². The number of hydrazone groups is 1. The second kappa shape index (κ2) is 7.39. The minimum atomic E-state index is -0.265. The zero-order valence-corrected chi connectivity index (χ0v) is 17.7. The van der Waals surface area contributed by atoms with Crippen molar-refractivity contribution in [1.29, 1.82) is 0 Å². The number of nitrogens with one attached hydrogen (secondary N) is 2. The van der Waals surface area contributed by atoms with Crippen molar-refractivity contribution in [3.05, 3.63) is 52.0 Å². The van der Waals surface area contributed by atoms with Crippen molar-refractivity contribution in [2.45, 2.75) is 47.5 Å². The average molecular weight is 399 g/mol. The Kier molecular flexibility index (Phi) is 5.30. The third-order valence-corrected chi connectivity index (χ3v) is 5.02. The first-order valence-corrected chi connectivity index (χ1v) is 9.61. The van der Waals surface area contributed by atoms with Gasteiger partial charge in [0.1, 0.15) is 5.76 Å². The minimum absolute atomic E-state index is 0.0463. The molecule has 1 aliphatic rings. The van der Waals surface area contributed by atoms with Gasteiger partial charge in [0.2, 0.25) is 0 Å². The number of carbonyl (C=O) groups excluding carboxylic acids is 1. The number of anilines is 1. The van der Waals surface area contributed by atoms with Crippen LogP contribution in [0.4, 0.5) is 5.69 Å². The Morgan fingerprint density at radius 2 is 1.96 bits per heavy atom. The second-order valence-electron chi connectivity index (χ2n) is 8.18. The van der Waals surface area contributed by atoms with Gasteiger partial charge < -0.3 is 15.5 Å². The number of fused-ring (bicyclic) bond motifs is 1. The number of nitrogens with two attached hydrogens (primary N) is 1. The summed E-state index contributed by atoms with van der Waals surface area (Å²) < 4.78 is 6.02. The van der Waals surface area contributed by atoms with Gasteiger partial charge in [-0.25, -0.2) is 0 Å². The van der Waals surface area contributed by atoms with E-state index in [2.05, 4.69) is 29.7 Å². The first-order valence-electron chi connectivity index (χ1n) is 9.20. The molecule has 1 heterocycles. The molecular formula is C21H26N4O2S. The van der Waals surface area contributed by atoms with E-state index in [1.807, 2.05) is 39.0 Å². The molecule has 0 atom stereocenters. The van der Waals surface area contributed by atoms with Crippen LogP contribution < -0.4 is 16.5 Å². The van der Waals surface area contributed by atoms with Gasteiger partial charge in [-0.2, -0.15) is 5.10 Å². The lowest BCUT2D eigenvalue weighted by molar-refractivity contribution is 0.0992. The standard InChI is InChI=1S/C21H26N4O2S/c1-11-6-7-14(12(2)8-11)23-19(26)18-13(3)17-15(24-25-20(22)28)9-21(4,5)10-16(17)27-18/h6-8H,9-10H2,1-5H3,(H,23,26)(H3,22,25,28)/b24-15-. The molecule has 0 saturated heterocycles. The van der Waals surface area contributed by atoms with Gasteiger partial charge in [0.15, 0.2) is 10.9 Å². The van der Waals surface area contributed by atoms with Crippen LogP contribution in [0.15, 0.2) is 27.7 Å². The summed E-state index contributed by atoms with van der Waals surface area (Å²) >= 11 is 4.87. The molecule has 0 saturated carbocycles. The van der Waals surface area contributed by atoms with Gasteiger partial charge in [-0.3, -0.25) is 10.2 Å². The van der Waals surface area contributed by atoms with Gasteiger partial charge in [0.25, 0.3) is 5.91 Å². The number of rotatable bonds is 3. The Bertz CT molecular complexity index is 989.